The summed E-state index contributed by atoms with van der Waals surface area (Å²) in [5.41, 5.74) is 0.108. The van der Waals surface area contributed by atoms with Crippen molar-refractivity contribution in [1.82, 2.24) is 5.32 Å². The lowest BCUT2D eigenvalue weighted by molar-refractivity contribution is 0.150. The van der Waals surface area contributed by atoms with E-state index < -0.39 is 0 Å². The molecule has 1 atom stereocenters. The zero-order valence-corrected chi connectivity index (χ0v) is 9.59. The normalized spacial score (nSPS) is 18.9. The summed E-state index contributed by atoms with van der Waals surface area (Å²) in [4.78, 5) is 11.1. The third kappa shape index (κ3) is 3.56. The largest absolute Gasteiger partial charge is 0.453 e. The lowest BCUT2D eigenvalue weighted by Gasteiger charge is -2.31. The van der Waals surface area contributed by atoms with E-state index in [4.69, 9.17) is 0 Å². The molecular formula is C11H21NO2. The number of ether oxygens (including phenoxy) is 1. The third-order valence-electron chi connectivity index (χ3n) is 2.79. The van der Waals surface area contributed by atoms with Gasteiger partial charge in [-0.15, -0.1) is 0 Å². The molecule has 0 saturated heterocycles. The van der Waals surface area contributed by atoms with E-state index in [9.17, 15) is 4.79 Å². The van der Waals surface area contributed by atoms with Gasteiger partial charge < -0.3 is 10.1 Å². The molecule has 0 bridgehead atoms. The molecule has 0 aromatic heterocycles. The molecule has 0 radical (unpaired) electrons. The van der Waals surface area contributed by atoms with Crippen LogP contribution in [0.15, 0.2) is 0 Å². The zero-order chi connectivity index (χ0) is 10.8. The number of hydrogen-bond acceptors (Lipinski definition) is 2. The molecule has 0 heterocycles. The molecule has 14 heavy (non-hydrogen) atoms. The molecule has 1 amide bonds. The molecule has 0 aliphatic heterocycles. The lowest BCUT2D eigenvalue weighted by Crippen LogP contribution is -2.43. The highest BCUT2D eigenvalue weighted by Crippen LogP contribution is 2.37. The van der Waals surface area contributed by atoms with Gasteiger partial charge in [0.1, 0.15) is 0 Å². The number of nitrogens with one attached hydrogen (secondary N) is 1. The second-order valence-electron chi connectivity index (χ2n) is 5.23. The van der Waals surface area contributed by atoms with E-state index in [0.717, 1.165) is 12.3 Å². The van der Waals surface area contributed by atoms with E-state index >= 15 is 0 Å². The summed E-state index contributed by atoms with van der Waals surface area (Å²) in [7, 11) is 1.41. The van der Waals surface area contributed by atoms with Crippen LogP contribution in [-0.2, 0) is 4.74 Å². The van der Waals surface area contributed by atoms with Crippen LogP contribution in [0.3, 0.4) is 0 Å². The van der Waals surface area contributed by atoms with Crippen LogP contribution in [0.25, 0.3) is 0 Å². The average Bonchev–Trinajstić information content (AvgIpc) is 2.85. The number of amides is 1. The van der Waals surface area contributed by atoms with E-state index in [2.05, 4.69) is 30.8 Å². The van der Waals surface area contributed by atoms with Gasteiger partial charge in [-0.25, -0.2) is 4.79 Å². The predicted molar refractivity (Wildman–Crippen MR) is 56.1 cm³/mol. The van der Waals surface area contributed by atoms with Crippen molar-refractivity contribution < 1.29 is 9.53 Å². The van der Waals surface area contributed by atoms with E-state index in [1.165, 1.54) is 20.0 Å². The molecule has 1 fully saturated rings. The molecule has 0 aromatic carbocycles. The SMILES string of the molecule is COC(=O)NC(CC1CC1)C(C)(C)C. The number of hydrogen-bond donors (Lipinski definition) is 1. The van der Waals surface area contributed by atoms with E-state index in [1.807, 2.05) is 0 Å². The second-order valence-corrected chi connectivity index (χ2v) is 5.23. The first kappa shape index (κ1) is 11.3. The summed E-state index contributed by atoms with van der Waals surface area (Å²) in [6.45, 7) is 6.45. The Morgan fingerprint density at radius 2 is 2.07 bits per heavy atom. The second kappa shape index (κ2) is 4.20. The molecule has 1 aliphatic carbocycles. The Balaban J connectivity index is 2.47. The van der Waals surface area contributed by atoms with Crippen molar-refractivity contribution in [3.63, 3.8) is 0 Å². The molecule has 0 spiro atoms. The summed E-state index contributed by atoms with van der Waals surface area (Å²) in [5.74, 6) is 0.816. The van der Waals surface area contributed by atoms with Gasteiger partial charge in [0.05, 0.1) is 7.11 Å². The summed E-state index contributed by atoms with van der Waals surface area (Å²) < 4.78 is 4.63. The van der Waals surface area contributed by atoms with E-state index in [0.29, 0.717) is 0 Å². The molecule has 0 aromatic rings. The molecule has 82 valence electrons. The standard InChI is InChI=1S/C11H21NO2/c1-11(2,3)9(7-8-5-6-8)12-10(13)14-4/h8-9H,5-7H2,1-4H3,(H,12,13). The third-order valence-corrected chi connectivity index (χ3v) is 2.79. The van der Waals surface area contributed by atoms with Crippen LogP contribution in [-0.4, -0.2) is 19.2 Å². The van der Waals surface area contributed by atoms with Crippen molar-refractivity contribution in [2.24, 2.45) is 11.3 Å². The summed E-state index contributed by atoms with van der Waals surface area (Å²) in [6, 6.07) is 0.224. The highest BCUT2D eigenvalue weighted by molar-refractivity contribution is 5.67. The van der Waals surface area contributed by atoms with Crippen LogP contribution in [0.5, 0.6) is 0 Å². The quantitative estimate of drug-likeness (QED) is 0.758. The Bertz CT molecular complexity index is 204. The molecule has 1 aliphatic rings. The van der Waals surface area contributed by atoms with Crippen molar-refractivity contribution in [1.29, 1.82) is 0 Å². The van der Waals surface area contributed by atoms with Crippen LogP contribution in [0, 0.1) is 11.3 Å². The molecule has 1 saturated carbocycles. The number of carbonyl (C=O) groups is 1. The van der Waals surface area contributed by atoms with Gasteiger partial charge in [0.25, 0.3) is 0 Å². The van der Waals surface area contributed by atoms with Crippen LogP contribution < -0.4 is 5.32 Å². The number of methoxy groups -OCH3 is 1. The van der Waals surface area contributed by atoms with Crippen molar-refractivity contribution in [3.05, 3.63) is 0 Å². The fraction of sp³-hybridized carbons (Fsp3) is 0.909. The van der Waals surface area contributed by atoms with E-state index in [-0.39, 0.29) is 17.6 Å². The Hall–Kier alpha value is -0.730. The van der Waals surface area contributed by atoms with Gasteiger partial charge in [-0.1, -0.05) is 33.6 Å². The molecule has 1 unspecified atom stereocenters. The maximum atomic E-state index is 11.1. The first-order valence-electron chi connectivity index (χ1n) is 5.28. The van der Waals surface area contributed by atoms with Gasteiger partial charge >= 0.3 is 6.09 Å². The molecule has 1 N–H and O–H groups in total. The predicted octanol–water partition coefficient (Wildman–Crippen LogP) is 2.56. The van der Waals surface area contributed by atoms with Crippen molar-refractivity contribution in [2.45, 2.75) is 46.1 Å². The van der Waals surface area contributed by atoms with Gasteiger partial charge in [0.2, 0.25) is 0 Å². The number of carbonyl (C=O) groups excluding carboxylic acids is 1. The molecule has 3 heteroatoms. The topological polar surface area (TPSA) is 38.3 Å². The number of alkyl carbamates (subject to hydrolysis) is 1. The van der Waals surface area contributed by atoms with Crippen LogP contribution in [0.4, 0.5) is 4.79 Å². The Kier molecular flexibility index (Phi) is 3.40. The molecular weight excluding hydrogens is 178 g/mol. The smallest absolute Gasteiger partial charge is 0.407 e. The van der Waals surface area contributed by atoms with Crippen molar-refractivity contribution in [2.75, 3.05) is 7.11 Å². The first-order valence-corrected chi connectivity index (χ1v) is 5.28. The van der Waals surface area contributed by atoms with Crippen LogP contribution in [0.1, 0.15) is 40.0 Å². The minimum Gasteiger partial charge on any atom is -0.453 e. The fourth-order valence-corrected chi connectivity index (χ4v) is 1.52. The van der Waals surface area contributed by atoms with Gasteiger partial charge in [-0.2, -0.15) is 0 Å². The maximum Gasteiger partial charge on any atom is 0.407 e. The molecule has 3 nitrogen and oxygen atoms in total. The van der Waals surface area contributed by atoms with Gasteiger partial charge in [-0.3, -0.25) is 0 Å². The Morgan fingerprint density at radius 3 is 2.43 bits per heavy atom. The van der Waals surface area contributed by atoms with Gasteiger partial charge in [-0.05, 0) is 17.8 Å². The highest BCUT2D eigenvalue weighted by Gasteiger charge is 2.33. The van der Waals surface area contributed by atoms with Crippen molar-refractivity contribution in [3.8, 4) is 0 Å². The summed E-state index contributed by atoms with van der Waals surface area (Å²) in [6.07, 6.45) is 3.40. The van der Waals surface area contributed by atoms with Gasteiger partial charge in [0, 0.05) is 6.04 Å². The van der Waals surface area contributed by atoms with Crippen LogP contribution in [0.2, 0.25) is 0 Å². The lowest BCUT2D eigenvalue weighted by atomic mass is 9.83. The highest BCUT2D eigenvalue weighted by atomic mass is 16.5. The summed E-state index contributed by atoms with van der Waals surface area (Å²) >= 11 is 0. The molecule has 1 rings (SSSR count). The number of rotatable bonds is 3. The van der Waals surface area contributed by atoms with Crippen molar-refractivity contribution >= 4 is 6.09 Å². The van der Waals surface area contributed by atoms with E-state index in [1.54, 1.807) is 0 Å². The first-order chi connectivity index (χ1) is 6.43. The maximum absolute atomic E-state index is 11.1. The Labute approximate surface area is 86.2 Å². The minimum atomic E-state index is -0.314. The fourth-order valence-electron chi connectivity index (χ4n) is 1.52. The Morgan fingerprint density at radius 1 is 1.50 bits per heavy atom. The monoisotopic (exact) mass is 199 g/mol. The zero-order valence-electron chi connectivity index (χ0n) is 9.59. The minimum absolute atomic E-state index is 0.108. The summed E-state index contributed by atoms with van der Waals surface area (Å²) in [5, 5.41) is 2.92. The van der Waals surface area contributed by atoms with Gasteiger partial charge in [0.15, 0.2) is 0 Å². The van der Waals surface area contributed by atoms with Crippen LogP contribution >= 0.6 is 0 Å². The average molecular weight is 199 g/mol.